The first-order valence-electron chi connectivity index (χ1n) is 14.6. The van der Waals surface area contributed by atoms with Gasteiger partial charge in [0.15, 0.2) is 5.76 Å². The van der Waals surface area contributed by atoms with Crippen molar-refractivity contribution >= 4 is 23.6 Å². The minimum absolute atomic E-state index is 0.00701. The van der Waals surface area contributed by atoms with Crippen molar-refractivity contribution in [3.63, 3.8) is 0 Å². The topological polar surface area (TPSA) is 53.1 Å². The molecule has 3 fully saturated rings. The number of ether oxygens (including phenoxy) is 1. The van der Waals surface area contributed by atoms with Gasteiger partial charge in [-0.2, -0.15) is 0 Å². The number of morpholine rings is 1. The number of hydrogen-bond acceptors (Lipinski definition) is 4. The first-order valence-corrected chi connectivity index (χ1v) is 14.6. The maximum absolute atomic E-state index is 13.6. The Morgan fingerprint density at radius 3 is 2.29 bits per heavy atom. The van der Waals surface area contributed by atoms with Gasteiger partial charge in [-0.1, -0.05) is 48.4 Å². The zero-order valence-corrected chi connectivity index (χ0v) is 23.5. The van der Waals surface area contributed by atoms with Gasteiger partial charge in [-0.05, 0) is 79.8 Å². The summed E-state index contributed by atoms with van der Waals surface area (Å²) in [6, 6.07) is 22.3. The molecule has 2 unspecified atom stereocenters. The maximum Gasteiger partial charge on any atom is 0.289 e. The summed E-state index contributed by atoms with van der Waals surface area (Å²) in [4.78, 5) is 32.8. The summed E-state index contributed by atoms with van der Waals surface area (Å²) in [5.41, 5.74) is 4.73. The predicted octanol–water partition coefficient (Wildman–Crippen LogP) is 5.81. The number of carbonyl (C=O) groups excluding carboxylic acids is 2. The van der Waals surface area contributed by atoms with Crippen LogP contribution in [0.3, 0.4) is 0 Å². The van der Waals surface area contributed by atoms with E-state index < -0.39 is 0 Å². The van der Waals surface area contributed by atoms with Crippen LogP contribution in [0, 0.1) is 12.7 Å². The molecule has 41 heavy (non-hydrogen) atoms. The first kappa shape index (κ1) is 27.1. The third-order valence-corrected chi connectivity index (χ3v) is 8.51. The fraction of sp³-hybridized carbons (Fsp3) is 0.353. The third-order valence-electron chi connectivity index (χ3n) is 8.51. The average molecular weight is 554 g/mol. The molecule has 2 amide bonds. The Morgan fingerprint density at radius 2 is 1.59 bits per heavy atom. The van der Waals surface area contributed by atoms with E-state index in [0.717, 1.165) is 42.5 Å². The number of amides is 2. The molecule has 3 aromatic carbocycles. The van der Waals surface area contributed by atoms with Crippen molar-refractivity contribution < 1.29 is 18.7 Å². The molecular weight excluding hydrogens is 517 g/mol. The Morgan fingerprint density at radius 1 is 0.902 bits per heavy atom. The quantitative estimate of drug-likeness (QED) is 0.375. The summed E-state index contributed by atoms with van der Waals surface area (Å²) in [5, 5.41) is 0. The number of nitrogens with zero attached hydrogens (tertiary/aromatic N) is 3. The predicted molar refractivity (Wildman–Crippen MR) is 158 cm³/mol. The first-order chi connectivity index (χ1) is 19.9. The molecule has 3 aromatic rings. The molecule has 1 aliphatic carbocycles. The van der Waals surface area contributed by atoms with Gasteiger partial charge in [0.05, 0.1) is 6.04 Å². The van der Waals surface area contributed by atoms with Crippen molar-refractivity contribution in [2.45, 2.75) is 51.3 Å². The SMILES string of the molecule is Cc1ccc(CN2C(=O)/C(=C\c3ccc(C(=O)N4CCN(c5ccc(F)cc5)CC4)cc3)OC3CCCCC32)cc1. The van der Waals surface area contributed by atoms with Crippen molar-refractivity contribution in [2.75, 3.05) is 31.1 Å². The monoisotopic (exact) mass is 553 g/mol. The molecule has 1 saturated carbocycles. The van der Waals surface area contributed by atoms with E-state index in [4.69, 9.17) is 4.74 Å². The van der Waals surface area contributed by atoms with Crippen LogP contribution in [-0.4, -0.2) is 59.9 Å². The van der Waals surface area contributed by atoms with Gasteiger partial charge >= 0.3 is 0 Å². The van der Waals surface area contributed by atoms with Gasteiger partial charge in [0.25, 0.3) is 11.8 Å². The Kier molecular flexibility index (Phi) is 7.77. The maximum atomic E-state index is 13.6. The van der Waals surface area contributed by atoms with Crippen LogP contribution in [0.5, 0.6) is 0 Å². The minimum atomic E-state index is -0.251. The molecule has 0 radical (unpaired) electrons. The highest BCUT2D eigenvalue weighted by Gasteiger charge is 2.41. The standard InChI is InChI=1S/C34H36FN3O3/c1-24-6-8-26(9-7-24)23-38-30-4-2-3-5-31(30)41-32(34(38)40)22-25-10-12-27(13-11-25)33(39)37-20-18-36(19-21-37)29-16-14-28(35)15-17-29/h6-17,22,30-31H,2-5,18-21,23H2,1H3/b32-22+. The van der Waals surface area contributed by atoms with Gasteiger partial charge < -0.3 is 19.4 Å². The largest absolute Gasteiger partial charge is 0.482 e. The van der Waals surface area contributed by atoms with E-state index in [1.54, 1.807) is 12.1 Å². The molecule has 0 N–H and O–H groups in total. The van der Waals surface area contributed by atoms with E-state index >= 15 is 0 Å². The van der Waals surface area contributed by atoms with E-state index in [1.165, 1.54) is 17.7 Å². The molecule has 2 heterocycles. The van der Waals surface area contributed by atoms with E-state index in [0.29, 0.717) is 44.0 Å². The van der Waals surface area contributed by atoms with Crippen molar-refractivity contribution in [2.24, 2.45) is 0 Å². The van der Waals surface area contributed by atoms with Gasteiger partial charge in [-0.15, -0.1) is 0 Å². The molecule has 2 saturated heterocycles. The second-order valence-electron chi connectivity index (χ2n) is 11.3. The summed E-state index contributed by atoms with van der Waals surface area (Å²) in [5.74, 6) is 0.0326. The molecule has 0 spiro atoms. The van der Waals surface area contributed by atoms with Crippen LogP contribution < -0.4 is 4.90 Å². The molecule has 2 aliphatic heterocycles. The lowest BCUT2D eigenvalue weighted by atomic mass is 9.89. The van der Waals surface area contributed by atoms with Crippen LogP contribution in [0.15, 0.2) is 78.6 Å². The summed E-state index contributed by atoms with van der Waals surface area (Å²) < 4.78 is 19.6. The van der Waals surface area contributed by atoms with Crippen molar-refractivity contribution in [1.29, 1.82) is 0 Å². The molecule has 7 heteroatoms. The minimum Gasteiger partial charge on any atom is -0.482 e. The number of anilines is 1. The third kappa shape index (κ3) is 5.99. The van der Waals surface area contributed by atoms with Crippen LogP contribution in [0.1, 0.15) is 52.7 Å². The van der Waals surface area contributed by atoms with Gasteiger partial charge in [0.2, 0.25) is 0 Å². The van der Waals surface area contributed by atoms with Crippen LogP contribution in [0.25, 0.3) is 6.08 Å². The van der Waals surface area contributed by atoms with Crippen molar-refractivity contribution in [3.8, 4) is 0 Å². The highest BCUT2D eigenvalue weighted by atomic mass is 19.1. The number of aryl methyl sites for hydroxylation is 1. The van der Waals surface area contributed by atoms with Gasteiger partial charge in [-0.25, -0.2) is 4.39 Å². The molecular formula is C34H36FN3O3. The number of benzene rings is 3. The average Bonchev–Trinajstić information content (AvgIpc) is 3.01. The molecule has 3 aliphatic rings. The van der Waals surface area contributed by atoms with Crippen LogP contribution >= 0.6 is 0 Å². The summed E-state index contributed by atoms with van der Waals surface area (Å²) in [6.07, 6.45) is 5.94. The van der Waals surface area contributed by atoms with E-state index in [2.05, 4.69) is 36.1 Å². The second-order valence-corrected chi connectivity index (χ2v) is 11.3. The zero-order chi connectivity index (χ0) is 28.3. The highest BCUT2D eigenvalue weighted by molar-refractivity contribution is 5.97. The van der Waals surface area contributed by atoms with Crippen molar-refractivity contribution in [3.05, 3.63) is 107 Å². The number of halogens is 1. The second kappa shape index (κ2) is 11.8. The molecule has 6 nitrogen and oxygen atoms in total. The van der Waals surface area contributed by atoms with Gasteiger partial charge in [0.1, 0.15) is 11.9 Å². The summed E-state index contributed by atoms with van der Waals surface area (Å²) in [7, 11) is 0. The van der Waals surface area contributed by atoms with Crippen molar-refractivity contribution in [1.82, 2.24) is 9.80 Å². The van der Waals surface area contributed by atoms with E-state index in [9.17, 15) is 14.0 Å². The molecule has 2 atom stereocenters. The van der Waals surface area contributed by atoms with Gasteiger partial charge in [0, 0.05) is 44.0 Å². The summed E-state index contributed by atoms with van der Waals surface area (Å²) in [6.45, 7) is 5.23. The normalized spacial score (nSPS) is 22.0. The van der Waals surface area contributed by atoms with Gasteiger partial charge in [-0.3, -0.25) is 9.59 Å². The number of piperazine rings is 1. The van der Waals surface area contributed by atoms with Crippen LogP contribution in [0.4, 0.5) is 10.1 Å². The lowest BCUT2D eigenvalue weighted by Gasteiger charge is -2.44. The van der Waals surface area contributed by atoms with E-state index in [-0.39, 0.29) is 29.8 Å². The molecule has 0 aromatic heterocycles. The fourth-order valence-corrected chi connectivity index (χ4v) is 6.13. The Balaban J connectivity index is 1.13. The number of hydrogen-bond donors (Lipinski definition) is 0. The lowest BCUT2D eigenvalue weighted by molar-refractivity contribution is -0.149. The number of carbonyl (C=O) groups is 2. The Hall–Kier alpha value is -4.13. The fourth-order valence-electron chi connectivity index (χ4n) is 6.13. The highest BCUT2D eigenvalue weighted by Crippen LogP contribution is 2.34. The Labute approximate surface area is 241 Å². The van der Waals surface area contributed by atoms with E-state index in [1.807, 2.05) is 40.1 Å². The number of fused-ring (bicyclic) bond motifs is 1. The van der Waals surface area contributed by atoms with Crippen LogP contribution in [-0.2, 0) is 16.1 Å². The molecule has 0 bridgehead atoms. The smallest absolute Gasteiger partial charge is 0.289 e. The molecule has 6 rings (SSSR count). The summed E-state index contributed by atoms with van der Waals surface area (Å²) >= 11 is 0. The lowest BCUT2D eigenvalue weighted by Crippen LogP contribution is -2.54. The Bertz CT molecular complexity index is 1410. The molecule has 212 valence electrons. The van der Waals surface area contributed by atoms with Crippen LogP contribution in [0.2, 0.25) is 0 Å². The number of rotatable bonds is 5. The zero-order valence-electron chi connectivity index (χ0n) is 23.5.